The zero-order valence-electron chi connectivity index (χ0n) is 10.9. The van der Waals surface area contributed by atoms with Crippen molar-refractivity contribution in [1.82, 2.24) is 5.32 Å². The first kappa shape index (κ1) is 11.7. The second-order valence-corrected chi connectivity index (χ2v) is 6.96. The lowest BCUT2D eigenvalue weighted by Crippen LogP contribution is -2.28. The van der Waals surface area contributed by atoms with Gasteiger partial charge >= 0.3 is 0 Å². The first-order valence-corrected chi connectivity index (χ1v) is 7.89. The number of aryl methyl sites for hydroxylation is 1. The topological polar surface area (TPSA) is 12.0 Å². The first-order chi connectivity index (χ1) is 8.31. The third-order valence-corrected chi connectivity index (χ3v) is 6.18. The van der Waals surface area contributed by atoms with E-state index >= 15 is 0 Å². The van der Waals surface area contributed by atoms with Crippen LogP contribution in [0.2, 0.25) is 0 Å². The van der Waals surface area contributed by atoms with E-state index in [0.717, 1.165) is 17.8 Å². The number of hydrogen-bond acceptors (Lipinski definition) is 2. The SMILES string of the molecule is CCc1ccc(C(NC)C2CC3CCC2C3)s1. The molecule has 17 heavy (non-hydrogen) atoms. The Morgan fingerprint density at radius 3 is 2.76 bits per heavy atom. The molecule has 4 atom stereocenters. The molecule has 1 nitrogen and oxygen atoms in total. The van der Waals surface area contributed by atoms with Crippen LogP contribution < -0.4 is 5.32 Å². The highest BCUT2D eigenvalue weighted by atomic mass is 32.1. The molecule has 0 amide bonds. The van der Waals surface area contributed by atoms with Gasteiger partial charge in [-0.1, -0.05) is 13.3 Å². The fourth-order valence-corrected chi connectivity index (χ4v) is 5.16. The minimum absolute atomic E-state index is 0.621. The minimum Gasteiger partial charge on any atom is -0.312 e. The molecule has 2 fully saturated rings. The third kappa shape index (κ3) is 2.06. The maximum atomic E-state index is 3.59. The van der Waals surface area contributed by atoms with Gasteiger partial charge in [0.1, 0.15) is 0 Å². The molecule has 1 N–H and O–H groups in total. The minimum atomic E-state index is 0.621. The molecule has 3 rings (SSSR count). The maximum absolute atomic E-state index is 3.59. The molecular formula is C15H23NS. The number of thiophene rings is 1. The lowest BCUT2D eigenvalue weighted by atomic mass is 9.83. The van der Waals surface area contributed by atoms with Crippen molar-refractivity contribution in [2.24, 2.45) is 17.8 Å². The monoisotopic (exact) mass is 249 g/mol. The zero-order valence-corrected chi connectivity index (χ0v) is 11.7. The summed E-state index contributed by atoms with van der Waals surface area (Å²) in [6.07, 6.45) is 7.14. The van der Waals surface area contributed by atoms with Gasteiger partial charge in [-0.15, -0.1) is 11.3 Å². The van der Waals surface area contributed by atoms with Gasteiger partial charge in [0.15, 0.2) is 0 Å². The summed E-state index contributed by atoms with van der Waals surface area (Å²) in [6.45, 7) is 2.25. The Kier molecular flexibility index (Phi) is 3.27. The van der Waals surface area contributed by atoms with Crippen LogP contribution in [-0.2, 0) is 6.42 Å². The van der Waals surface area contributed by atoms with Gasteiger partial charge in [-0.2, -0.15) is 0 Å². The standard InChI is InChI=1S/C15H23NS/c1-3-12-6-7-14(17-12)15(16-2)13-9-10-4-5-11(13)8-10/h6-7,10-11,13,15-16H,3-5,8-9H2,1-2H3. The van der Waals surface area contributed by atoms with E-state index in [-0.39, 0.29) is 0 Å². The number of hydrogen-bond donors (Lipinski definition) is 1. The molecule has 2 aliphatic carbocycles. The van der Waals surface area contributed by atoms with Crippen LogP contribution in [-0.4, -0.2) is 7.05 Å². The maximum Gasteiger partial charge on any atom is 0.0443 e. The molecule has 94 valence electrons. The van der Waals surface area contributed by atoms with Crippen LogP contribution in [0, 0.1) is 17.8 Å². The summed E-state index contributed by atoms with van der Waals surface area (Å²) < 4.78 is 0. The summed E-state index contributed by atoms with van der Waals surface area (Å²) in [5.41, 5.74) is 0. The van der Waals surface area contributed by atoms with Crippen LogP contribution in [0.3, 0.4) is 0 Å². The fourth-order valence-electron chi connectivity index (χ4n) is 4.02. The Morgan fingerprint density at radius 1 is 1.35 bits per heavy atom. The van der Waals surface area contributed by atoms with E-state index in [2.05, 4.69) is 31.4 Å². The van der Waals surface area contributed by atoms with Crippen molar-refractivity contribution in [2.45, 2.75) is 45.1 Å². The van der Waals surface area contributed by atoms with E-state index in [1.807, 2.05) is 11.3 Å². The summed E-state index contributed by atoms with van der Waals surface area (Å²) in [4.78, 5) is 3.10. The molecule has 2 heteroatoms. The van der Waals surface area contributed by atoms with E-state index in [1.165, 1.54) is 37.0 Å². The fraction of sp³-hybridized carbons (Fsp3) is 0.733. The molecule has 0 aliphatic heterocycles. The highest BCUT2D eigenvalue weighted by molar-refractivity contribution is 7.12. The van der Waals surface area contributed by atoms with Crippen molar-refractivity contribution in [1.29, 1.82) is 0 Å². The quantitative estimate of drug-likeness (QED) is 0.850. The van der Waals surface area contributed by atoms with Crippen LogP contribution in [0.25, 0.3) is 0 Å². The molecule has 1 aromatic rings. The Hall–Kier alpha value is -0.340. The summed E-state index contributed by atoms with van der Waals surface area (Å²) in [5.74, 6) is 2.96. The Morgan fingerprint density at radius 2 is 2.24 bits per heavy atom. The van der Waals surface area contributed by atoms with Gasteiger partial charge in [-0.3, -0.25) is 0 Å². The molecule has 4 unspecified atom stereocenters. The van der Waals surface area contributed by atoms with E-state index in [1.54, 1.807) is 4.88 Å². The number of fused-ring (bicyclic) bond motifs is 2. The van der Waals surface area contributed by atoms with Crippen LogP contribution in [0.15, 0.2) is 12.1 Å². The largest absolute Gasteiger partial charge is 0.312 e. The first-order valence-electron chi connectivity index (χ1n) is 7.07. The smallest absolute Gasteiger partial charge is 0.0443 e. The molecule has 0 aromatic carbocycles. The molecule has 0 radical (unpaired) electrons. The van der Waals surface area contributed by atoms with Crippen LogP contribution in [0.1, 0.15) is 48.4 Å². The molecule has 1 aromatic heterocycles. The third-order valence-electron chi connectivity index (χ3n) is 4.87. The molecule has 2 aliphatic rings. The van der Waals surface area contributed by atoms with Crippen molar-refractivity contribution < 1.29 is 0 Å². The lowest BCUT2D eigenvalue weighted by molar-refractivity contribution is 0.262. The van der Waals surface area contributed by atoms with Gasteiger partial charge in [0.25, 0.3) is 0 Å². The molecule has 2 saturated carbocycles. The Balaban J connectivity index is 1.79. The summed E-state index contributed by atoms with van der Waals surface area (Å²) in [5, 5.41) is 3.59. The molecule has 0 saturated heterocycles. The number of nitrogens with one attached hydrogen (secondary N) is 1. The van der Waals surface area contributed by atoms with Crippen LogP contribution in [0.5, 0.6) is 0 Å². The van der Waals surface area contributed by atoms with E-state index in [9.17, 15) is 0 Å². The Labute approximate surface area is 109 Å². The molecule has 2 bridgehead atoms. The van der Waals surface area contributed by atoms with Gasteiger partial charge < -0.3 is 5.32 Å². The molecule has 0 spiro atoms. The average Bonchev–Trinajstić information content (AvgIpc) is 3.05. The van der Waals surface area contributed by atoms with Crippen molar-refractivity contribution in [3.05, 3.63) is 21.9 Å². The van der Waals surface area contributed by atoms with Gasteiger partial charge in [-0.25, -0.2) is 0 Å². The van der Waals surface area contributed by atoms with Crippen molar-refractivity contribution in [3.63, 3.8) is 0 Å². The van der Waals surface area contributed by atoms with Gasteiger partial charge in [-0.05, 0) is 62.6 Å². The van der Waals surface area contributed by atoms with Crippen LogP contribution >= 0.6 is 11.3 Å². The summed E-state index contributed by atoms with van der Waals surface area (Å²) in [6, 6.07) is 5.30. The second kappa shape index (κ2) is 4.74. The normalized spacial score (nSPS) is 33.2. The lowest BCUT2D eigenvalue weighted by Gasteiger charge is -2.29. The zero-order chi connectivity index (χ0) is 11.8. The summed E-state index contributed by atoms with van der Waals surface area (Å²) >= 11 is 2.02. The second-order valence-electron chi connectivity index (χ2n) is 5.76. The van der Waals surface area contributed by atoms with Crippen molar-refractivity contribution >= 4 is 11.3 Å². The molecule has 1 heterocycles. The molecular weight excluding hydrogens is 226 g/mol. The van der Waals surface area contributed by atoms with Gasteiger partial charge in [0.2, 0.25) is 0 Å². The van der Waals surface area contributed by atoms with Crippen LogP contribution in [0.4, 0.5) is 0 Å². The van der Waals surface area contributed by atoms with Gasteiger partial charge in [0.05, 0.1) is 0 Å². The Bertz CT molecular complexity index is 384. The summed E-state index contributed by atoms with van der Waals surface area (Å²) in [7, 11) is 2.14. The highest BCUT2D eigenvalue weighted by Gasteiger charge is 2.43. The van der Waals surface area contributed by atoms with E-state index in [0.29, 0.717) is 6.04 Å². The van der Waals surface area contributed by atoms with E-state index in [4.69, 9.17) is 0 Å². The highest BCUT2D eigenvalue weighted by Crippen LogP contribution is 2.53. The van der Waals surface area contributed by atoms with Gasteiger partial charge in [0, 0.05) is 15.8 Å². The number of rotatable bonds is 4. The van der Waals surface area contributed by atoms with Crippen molar-refractivity contribution in [2.75, 3.05) is 7.05 Å². The predicted molar refractivity (Wildman–Crippen MR) is 74.4 cm³/mol. The van der Waals surface area contributed by atoms with E-state index < -0.39 is 0 Å². The predicted octanol–water partition coefficient (Wildman–Crippen LogP) is 4.01. The van der Waals surface area contributed by atoms with Crippen molar-refractivity contribution in [3.8, 4) is 0 Å². The average molecular weight is 249 g/mol.